The molecule has 1 aliphatic heterocycles. The van der Waals surface area contributed by atoms with E-state index in [1.807, 2.05) is 43.5 Å². The van der Waals surface area contributed by atoms with E-state index in [-0.39, 0.29) is 0 Å². The van der Waals surface area contributed by atoms with Crippen LogP contribution < -0.4 is 10.6 Å². The van der Waals surface area contributed by atoms with Crippen LogP contribution in [0.3, 0.4) is 0 Å². The van der Waals surface area contributed by atoms with Gasteiger partial charge in [0.25, 0.3) is 0 Å². The summed E-state index contributed by atoms with van der Waals surface area (Å²) < 4.78 is 0. The summed E-state index contributed by atoms with van der Waals surface area (Å²) >= 11 is 1.54. The molecule has 3 rings (SSSR count). The molecule has 0 aliphatic carbocycles. The lowest BCUT2D eigenvalue weighted by Crippen LogP contribution is -2.19. The molecule has 0 aromatic heterocycles. The Morgan fingerprint density at radius 3 is 2.54 bits per heavy atom. The maximum Gasteiger partial charge on any atom is 0.197 e. The van der Waals surface area contributed by atoms with Crippen LogP contribution >= 0.6 is 11.8 Å². The summed E-state index contributed by atoms with van der Waals surface area (Å²) in [5, 5.41) is 8.24. The third-order valence-electron chi connectivity index (χ3n) is 3.47. The van der Waals surface area contributed by atoms with Gasteiger partial charge >= 0.3 is 0 Å². The molecule has 0 saturated carbocycles. The summed E-state index contributed by atoms with van der Waals surface area (Å²) in [4.78, 5) is 8.74. The van der Waals surface area contributed by atoms with Crippen molar-refractivity contribution in [1.29, 1.82) is 0 Å². The first-order chi connectivity index (χ1) is 11.7. The van der Waals surface area contributed by atoms with Gasteiger partial charge in [-0.15, -0.1) is 0 Å². The van der Waals surface area contributed by atoms with Gasteiger partial charge in [-0.05, 0) is 43.3 Å². The average Bonchev–Trinajstić information content (AvgIpc) is 2.57. The van der Waals surface area contributed by atoms with Crippen molar-refractivity contribution in [3.63, 3.8) is 0 Å². The van der Waals surface area contributed by atoms with Crippen LogP contribution in [0.25, 0.3) is 0 Å². The highest BCUT2D eigenvalue weighted by Gasteiger charge is 2.16. The molecule has 0 unspecified atom stereocenters. The minimum absolute atomic E-state index is 0.768. The van der Waals surface area contributed by atoms with Crippen LogP contribution in [0.5, 0.6) is 0 Å². The molecule has 0 atom stereocenters. The fourth-order valence-corrected chi connectivity index (χ4v) is 2.66. The zero-order valence-electron chi connectivity index (χ0n) is 13.8. The molecule has 0 fully saturated rings. The number of hydrogen-bond acceptors (Lipinski definition) is 4. The maximum atomic E-state index is 4.38. The molecule has 0 saturated heterocycles. The molecule has 1 heterocycles. The largest absolute Gasteiger partial charge is 0.383 e. The van der Waals surface area contributed by atoms with E-state index in [1.165, 1.54) is 11.1 Å². The number of aryl methyl sites for hydroxylation is 1. The number of anilines is 1. The van der Waals surface area contributed by atoms with Crippen molar-refractivity contribution >= 4 is 27.8 Å². The number of hydrogen-bond donors (Lipinski definition) is 2. The summed E-state index contributed by atoms with van der Waals surface area (Å²) in [6.45, 7) is 4.90. The van der Waals surface area contributed by atoms with Gasteiger partial charge in [-0.25, -0.2) is 4.99 Å². The van der Waals surface area contributed by atoms with Gasteiger partial charge in [-0.2, -0.15) is 4.99 Å². The Hall–Kier alpha value is -2.53. The standard InChI is InChI=1S/C19H20N4S/c1-14-8-10-16(11-9-14)13-20-15(2)12-21-18-23-19(24-18)22-17-6-4-3-5-7-17/h3-12,20H,13H2,1-2H3,(H,21,22,23). The second-order valence-corrected chi connectivity index (χ2v) is 6.53. The van der Waals surface area contributed by atoms with E-state index < -0.39 is 0 Å². The summed E-state index contributed by atoms with van der Waals surface area (Å²) in [6, 6.07) is 18.5. The van der Waals surface area contributed by atoms with Gasteiger partial charge in [0.15, 0.2) is 10.3 Å². The molecule has 4 nitrogen and oxygen atoms in total. The summed E-state index contributed by atoms with van der Waals surface area (Å²) in [7, 11) is 0. The van der Waals surface area contributed by atoms with Crippen molar-refractivity contribution in [3.05, 3.63) is 77.6 Å². The molecule has 0 amide bonds. The number of amidine groups is 2. The fraction of sp³-hybridized carbons (Fsp3) is 0.158. The SMILES string of the molecule is CC(=CN=C1N=C(Nc2ccccc2)S1)NCc1ccc(C)cc1. The van der Waals surface area contributed by atoms with E-state index in [2.05, 4.69) is 51.8 Å². The van der Waals surface area contributed by atoms with Crippen molar-refractivity contribution in [2.45, 2.75) is 20.4 Å². The first-order valence-corrected chi connectivity index (χ1v) is 8.63. The summed E-state index contributed by atoms with van der Waals surface area (Å²) in [5.41, 5.74) is 4.58. The Bertz CT molecular complexity index is 777. The molecule has 24 heavy (non-hydrogen) atoms. The Morgan fingerprint density at radius 2 is 1.83 bits per heavy atom. The highest BCUT2D eigenvalue weighted by molar-refractivity contribution is 8.29. The molecule has 2 aromatic rings. The molecular weight excluding hydrogens is 316 g/mol. The molecule has 5 heteroatoms. The van der Waals surface area contributed by atoms with Crippen LogP contribution in [0, 0.1) is 6.92 Å². The molecule has 0 radical (unpaired) electrons. The summed E-state index contributed by atoms with van der Waals surface area (Å²) in [5.74, 6) is 0. The van der Waals surface area contributed by atoms with Crippen molar-refractivity contribution < 1.29 is 0 Å². The lowest BCUT2D eigenvalue weighted by atomic mass is 10.1. The first-order valence-electron chi connectivity index (χ1n) is 7.82. The van der Waals surface area contributed by atoms with Gasteiger partial charge in [0.05, 0.1) is 0 Å². The van der Waals surface area contributed by atoms with Crippen molar-refractivity contribution in [2.75, 3.05) is 5.32 Å². The molecule has 0 spiro atoms. The fourth-order valence-electron chi connectivity index (χ4n) is 2.08. The molecule has 2 N–H and O–H groups in total. The van der Waals surface area contributed by atoms with Gasteiger partial charge < -0.3 is 10.6 Å². The zero-order valence-corrected chi connectivity index (χ0v) is 14.6. The predicted molar refractivity (Wildman–Crippen MR) is 104 cm³/mol. The third kappa shape index (κ3) is 4.73. The van der Waals surface area contributed by atoms with Gasteiger partial charge in [0.1, 0.15) is 0 Å². The topological polar surface area (TPSA) is 48.8 Å². The third-order valence-corrected chi connectivity index (χ3v) is 4.24. The number of allylic oxidation sites excluding steroid dienone is 1. The van der Waals surface area contributed by atoms with E-state index >= 15 is 0 Å². The average molecular weight is 336 g/mol. The second-order valence-electron chi connectivity index (χ2n) is 5.57. The van der Waals surface area contributed by atoms with Gasteiger partial charge in [0, 0.05) is 24.1 Å². The number of rotatable bonds is 5. The normalized spacial score (nSPS) is 15.7. The predicted octanol–water partition coefficient (Wildman–Crippen LogP) is 4.52. The van der Waals surface area contributed by atoms with Crippen LogP contribution in [-0.2, 0) is 6.54 Å². The lowest BCUT2D eigenvalue weighted by molar-refractivity contribution is 0.808. The van der Waals surface area contributed by atoms with Crippen LogP contribution in [0.15, 0.2) is 76.5 Å². The molecule has 0 bridgehead atoms. The van der Waals surface area contributed by atoms with Gasteiger partial charge in [-0.3, -0.25) is 0 Å². The van der Waals surface area contributed by atoms with Crippen molar-refractivity contribution in [1.82, 2.24) is 5.32 Å². The van der Waals surface area contributed by atoms with Crippen LogP contribution in [0.2, 0.25) is 0 Å². The van der Waals surface area contributed by atoms with Crippen molar-refractivity contribution in [3.8, 4) is 0 Å². The Labute approximate surface area is 146 Å². The van der Waals surface area contributed by atoms with E-state index in [4.69, 9.17) is 0 Å². The number of benzene rings is 2. The number of para-hydroxylation sites is 1. The van der Waals surface area contributed by atoms with Crippen LogP contribution in [-0.4, -0.2) is 10.3 Å². The Kier molecular flexibility index (Phi) is 5.33. The number of nitrogens with zero attached hydrogens (tertiary/aromatic N) is 2. The highest BCUT2D eigenvalue weighted by Crippen LogP contribution is 2.22. The second kappa shape index (κ2) is 7.84. The Morgan fingerprint density at radius 1 is 1.12 bits per heavy atom. The Balaban J connectivity index is 1.48. The lowest BCUT2D eigenvalue weighted by Gasteiger charge is -2.15. The van der Waals surface area contributed by atoms with E-state index in [0.29, 0.717) is 0 Å². The number of nitrogens with one attached hydrogen (secondary N) is 2. The molecule has 2 aromatic carbocycles. The van der Waals surface area contributed by atoms with Crippen molar-refractivity contribution in [2.24, 2.45) is 9.98 Å². The van der Waals surface area contributed by atoms with Crippen LogP contribution in [0.1, 0.15) is 18.1 Å². The molecule has 1 aliphatic rings. The molecule has 122 valence electrons. The molecular formula is C19H20N4S. The summed E-state index contributed by atoms with van der Waals surface area (Å²) in [6.07, 6.45) is 1.82. The van der Waals surface area contributed by atoms with E-state index in [9.17, 15) is 0 Å². The van der Waals surface area contributed by atoms with Crippen LogP contribution in [0.4, 0.5) is 5.69 Å². The minimum Gasteiger partial charge on any atom is -0.383 e. The monoisotopic (exact) mass is 336 g/mol. The maximum absolute atomic E-state index is 4.38. The van der Waals surface area contributed by atoms with E-state index in [1.54, 1.807) is 11.8 Å². The highest BCUT2D eigenvalue weighted by atomic mass is 32.2. The van der Waals surface area contributed by atoms with Gasteiger partial charge in [-0.1, -0.05) is 48.0 Å². The zero-order chi connectivity index (χ0) is 16.8. The first kappa shape index (κ1) is 16.3. The van der Waals surface area contributed by atoms with E-state index in [0.717, 1.165) is 28.3 Å². The quantitative estimate of drug-likeness (QED) is 0.844. The number of aliphatic imine (C=N–C) groups is 2. The van der Waals surface area contributed by atoms with Gasteiger partial charge in [0.2, 0.25) is 0 Å². The number of thioether (sulfide) groups is 1. The smallest absolute Gasteiger partial charge is 0.197 e. The minimum atomic E-state index is 0.768.